The van der Waals surface area contributed by atoms with Gasteiger partial charge in [0.05, 0.1) is 18.8 Å². The third kappa shape index (κ3) is 4.29. The summed E-state index contributed by atoms with van der Waals surface area (Å²) < 4.78 is 5.35. The Hall–Kier alpha value is -2.15. The molecule has 1 saturated carbocycles. The minimum Gasteiger partial charge on any atom is -0.383 e. The van der Waals surface area contributed by atoms with E-state index in [1.54, 1.807) is 12.3 Å². The number of nitrogens with one attached hydrogen (secondary N) is 1. The first-order valence-corrected chi connectivity index (χ1v) is 11.5. The maximum atomic E-state index is 12.8. The van der Waals surface area contributed by atoms with E-state index < -0.39 is 0 Å². The standard InChI is InChI=1S/C24H29ClN4O2/c25-21-8-16(11-29-12-24(13-29)14-31-15-24)6-7-19(21)17-9-20(22(26)27-10-17)23(30)28-18-4-2-1-3-5-18/h6-10,18H,1-5,11-15H2,(H2,26,27)(H,28,30). The van der Waals surface area contributed by atoms with Crippen molar-refractivity contribution < 1.29 is 9.53 Å². The van der Waals surface area contributed by atoms with Crippen molar-refractivity contribution in [1.82, 2.24) is 15.2 Å². The molecular formula is C24H29ClN4O2. The van der Waals surface area contributed by atoms with Gasteiger partial charge in [-0.2, -0.15) is 0 Å². The smallest absolute Gasteiger partial charge is 0.255 e. The molecule has 0 unspecified atom stereocenters. The molecule has 1 aromatic carbocycles. The number of ether oxygens (including phenoxy) is 1. The van der Waals surface area contributed by atoms with Gasteiger partial charge in [0.25, 0.3) is 5.91 Å². The number of carbonyl (C=O) groups is 1. The highest BCUT2D eigenvalue weighted by atomic mass is 35.5. The van der Waals surface area contributed by atoms with Crippen LogP contribution in [0.1, 0.15) is 48.0 Å². The highest BCUT2D eigenvalue weighted by Gasteiger charge is 2.48. The van der Waals surface area contributed by atoms with Crippen LogP contribution in [-0.2, 0) is 11.3 Å². The van der Waals surface area contributed by atoms with Gasteiger partial charge in [-0.25, -0.2) is 4.98 Å². The van der Waals surface area contributed by atoms with Crippen molar-refractivity contribution in [3.63, 3.8) is 0 Å². The second kappa shape index (κ2) is 8.41. The van der Waals surface area contributed by atoms with Crippen LogP contribution in [0.3, 0.4) is 0 Å². The van der Waals surface area contributed by atoms with Crippen molar-refractivity contribution >= 4 is 23.3 Å². The number of nitrogens with two attached hydrogens (primary N) is 1. The highest BCUT2D eigenvalue weighted by Crippen LogP contribution is 2.38. The number of nitrogens with zero attached hydrogens (tertiary/aromatic N) is 2. The predicted molar refractivity (Wildman–Crippen MR) is 122 cm³/mol. The molecule has 1 amide bonds. The third-order valence-electron chi connectivity index (χ3n) is 6.79. The van der Waals surface area contributed by atoms with Gasteiger partial charge in [0, 0.05) is 53.4 Å². The second-order valence-corrected chi connectivity index (χ2v) is 9.82. The Balaban J connectivity index is 1.29. The van der Waals surface area contributed by atoms with Crippen molar-refractivity contribution in [3.05, 3.63) is 46.6 Å². The number of carbonyl (C=O) groups excluding carboxylic acids is 1. The lowest BCUT2D eigenvalue weighted by Crippen LogP contribution is -2.65. The van der Waals surface area contributed by atoms with Gasteiger partial charge in [0.15, 0.2) is 0 Å². The fourth-order valence-electron chi connectivity index (χ4n) is 5.05. The number of benzene rings is 1. The second-order valence-electron chi connectivity index (χ2n) is 9.42. The molecule has 7 heteroatoms. The number of likely N-dealkylation sites (tertiary alicyclic amines) is 1. The number of hydrogen-bond acceptors (Lipinski definition) is 5. The Labute approximate surface area is 188 Å². The van der Waals surface area contributed by atoms with Gasteiger partial charge in [0.2, 0.25) is 0 Å². The molecule has 1 spiro atoms. The molecule has 5 rings (SSSR count). The fraction of sp³-hybridized carbons (Fsp3) is 0.500. The van der Waals surface area contributed by atoms with Crippen molar-refractivity contribution in [2.75, 3.05) is 32.0 Å². The van der Waals surface area contributed by atoms with E-state index in [2.05, 4.69) is 21.3 Å². The lowest BCUT2D eigenvalue weighted by molar-refractivity contribution is -0.191. The number of anilines is 1. The first kappa shape index (κ1) is 20.7. The molecule has 3 heterocycles. The van der Waals surface area contributed by atoms with E-state index in [-0.39, 0.29) is 17.8 Å². The molecule has 2 aliphatic heterocycles. The number of amides is 1. The van der Waals surface area contributed by atoms with Crippen LogP contribution < -0.4 is 11.1 Å². The van der Waals surface area contributed by atoms with Gasteiger partial charge in [0.1, 0.15) is 5.82 Å². The van der Waals surface area contributed by atoms with E-state index in [1.165, 1.54) is 12.0 Å². The van der Waals surface area contributed by atoms with Gasteiger partial charge in [-0.05, 0) is 30.5 Å². The topological polar surface area (TPSA) is 80.5 Å². The van der Waals surface area contributed by atoms with E-state index in [1.807, 2.05) is 12.1 Å². The lowest BCUT2D eigenvalue weighted by Gasteiger charge is -2.55. The summed E-state index contributed by atoms with van der Waals surface area (Å²) in [7, 11) is 0. The third-order valence-corrected chi connectivity index (χ3v) is 7.10. The van der Waals surface area contributed by atoms with Gasteiger partial charge >= 0.3 is 0 Å². The van der Waals surface area contributed by atoms with Crippen molar-refractivity contribution in [2.45, 2.75) is 44.7 Å². The summed E-state index contributed by atoms with van der Waals surface area (Å²) in [6.45, 7) is 4.85. The van der Waals surface area contributed by atoms with Gasteiger partial charge in [-0.15, -0.1) is 0 Å². The molecule has 164 valence electrons. The van der Waals surface area contributed by atoms with Crippen LogP contribution in [0.4, 0.5) is 5.82 Å². The number of pyridine rings is 1. The molecule has 3 aliphatic rings. The molecular weight excluding hydrogens is 412 g/mol. The average Bonchev–Trinajstić information content (AvgIpc) is 2.70. The van der Waals surface area contributed by atoms with Crippen molar-refractivity contribution in [1.29, 1.82) is 0 Å². The molecule has 1 aromatic heterocycles. The predicted octanol–water partition coefficient (Wildman–Crippen LogP) is 3.88. The van der Waals surface area contributed by atoms with Crippen LogP contribution in [0.5, 0.6) is 0 Å². The lowest BCUT2D eigenvalue weighted by atomic mass is 9.78. The van der Waals surface area contributed by atoms with Gasteiger partial charge in [-0.1, -0.05) is 43.0 Å². The summed E-state index contributed by atoms with van der Waals surface area (Å²) in [5.74, 6) is 0.0923. The average molecular weight is 441 g/mol. The van der Waals surface area contributed by atoms with Crippen LogP contribution in [0, 0.1) is 5.41 Å². The molecule has 0 radical (unpaired) electrons. The van der Waals surface area contributed by atoms with Crippen LogP contribution in [0.25, 0.3) is 11.1 Å². The molecule has 0 bridgehead atoms. The molecule has 1 aliphatic carbocycles. The minimum absolute atomic E-state index is 0.154. The van der Waals surface area contributed by atoms with Crippen LogP contribution in [-0.4, -0.2) is 48.1 Å². The number of hydrogen-bond donors (Lipinski definition) is 2. The summed E-state index contributed by atoms with van der Waals surface area (Å²) in [5, 5.41) is 3.78. The van der Waals surface area contributed by atoms with E-state index >= 15 is 0 Å². The largest absolute Gasteiger partial charge is 0.383 e. The zero-order chi connectivity index (χ0) is 21.4. The van der Waals surface area contributed by atoms with Gasteiger partial charge in [-0.3, -0.25) is 9.69 Å². The van der Waals surface area contributed by atoms with E-state index in [9.17, 15) is 4.79 Å². The van der Waals surface area contributed by atoms with E-state index in [0.29, 0.717) is 16.0 Å². The quantitative estimate of drug-likeness (QED) is 0.737. The molecule has 3 N–H and O–H groups in total. The Morgan fingerprint density at radius 1 is 1.23 bits per heavy atom. The Bertz CT molecular complexity index is 978. The number of aromatic nitrogens is 1. The normalized spacial score (nSPS) is 20.8. The summed E-state index contributed by atoms with van der Waals surface area (Å²) in [6, 6.07) is 8.14. The first-order chi connectivity index (χ1) is 15.0. The molecule has 3 fully saturated rings. The number of rotatable bonds is 5. The molecule has 31 heavy (non-hydrogen) atoms. The SMILES string of the molecule is Nc1ncc(-c2ccc(CN3CC4(COC4)C3)cc2Cl)cc1C(=O)NC1CCCCC1. The fourth-order valence-corrected chi connectivity index (χ4v) is 5.36. The summed E-state index contributed by atoms with van der Waals surface area (Å²) in [5.41, 5.74) is 9.70. The van der Waals surface area contributed by atoms with Crippen LogP contribution >= 0.6 is 11.6 Å². The summed E-state index contributed by atoms with van der Waals surface area (Å²) in [6.07, 6.45) is 7.30. The van der Waals surface area contributed by atoms with Crippen LogP contribution in [0.15, 0.2) is 30.5 Å². The Morgan fingerprint density at radius 2 is 2.00 bits per heavy atom. The molecule has 2 aromatic rings. The zero-order valence-corrected chi connectivity index (χ0v) is 18.5. The van der Waals surface area contributed by atoms with Crippen molar-refractivity contribution in [2.24, 2.45) is 5.41 Å². The minimum atomic E-state index is -0.154. The van der Waals surface area contributed by atoms with E-state index in [0.717, 1.165) is 69.7 Å². The number of nitrogen functional groups attached to an aromatic ring is 1. The van der Waals surface area contributed by atoms with Crippen molar-refractivity contribution in [3.8, 4) is 11.1 Å². The molecule has 2 saturated heterocycles. The van der Waals surface area contributed by atoms with Crippen LogP contribution in [0.2, 0.25) is 5.02 Å². The highest BCUT2D eigenvalue weighted by molar-refractivity contribution is 6.33. The summed E-state index contributed by atoms with van der Waals surface area (Å²) in [4.78, 5) is 19.5. The molecule has 6 nitrogen and oxygen atoms in total. The zero-order valence-electron chi connectivity index (χ0n) is 17.7. The Kier molecular flexibility index (Phi) is 5.63. The number of halogens is 1. The maximum absolute atomic E-state index is 12.8. The monoisotopic (exact) mass is 440 g/mol. The van der Waals surface area contributed by atoms with E-state index in [4.69, 9.17) is 22.1 Å². The Morgan fingerprint density at radius 3 is 2.68 bits per heavy atom. The summed E-state index contributed by atoms with van der Waals surface area (Å²) >= 11 is 6.63. The van der Waals surface area contributed by atoms with Gasteiger partial charge < -0.3 is 15.8 Å². The molecule has 0 atom stereocenters. The maximum Gasteiger partial charge on any atom is 0.255 e. The first-order valence-electron chi connectivity index (χ1n) is 11.2.